The van der Waals surface area contributed by atoms with Gasteiger partial charge in [-0.05, 0) is 37.1 Å². The normalized spacial score (nSPS) is 21.0. The molecular weight excluding hydrogens is 189 g/mol. The molecule has 1 unspecified atom stereocenters. The van der Waals surface area contributed by atoms with Crippen molar-refractivity contribution < 1.29 is 8.60 Å². The van der Waals surface area contributed by atoms with Crippen LogP contribution in [0.4, 0.5) is 4.39 Å². The minimum absolute atomic E-state index is 0.00189. The van der Waals surface area contributed by atoms with Gasteiger partial charge in [-0.2, -0.15) is 0 Å². The highest BCUT2D eigenvalue weighted by Gasteiger charge is 2.33. The summed E-state index contributed by atoms with van der Waals surface area (Å²) in [6.07, 6.45) is 1.72. The van der Waals surface area contributed by atoms with Crippen LogP contribution in [0, 0.1) is 10.6 Å². The van der Waals surface area contributed by atoms with Crippen molar-refractivity contribution in [3.63, 3.8) is 0 Å². The lowest BCUT2D eigenvalue weighted by atomic mass is 10.4. The maximum atomic E-state index is 12.5. The maximum absolute atomic E-state index is 12.5. The molecule has 1 fully saturated rings. The summed E-state index contributed by atoms with van der Waals surface area (Å²) >= 11 is 0. The van der Waals surface area contributed by atoms with Crippen molar-refractivity contribution in [3.8, 4) is 0 Å². The molecule has 0 aliphatic heterocycles. The summed E-state index contributed by atoms with van der Waals surface area (Å²) in [7, 11) is -2.65. The molecule has 0 saturated heterocycles. The van der Waals surface area contributed by atoms with Gasteiger partial charge in [-0.15, -0.1) is 0 Å². The highest BCUT2D eigenvalue weighted by atomic mass is 32.2. The predicted octanol–water partition coefficient (Wildman–Crippen LogP) is 2.39. The van der Waals surface area contributed by atoms with E-state index < -0.39 is 9.73 Å². The third kappa shape index (κ3) is 1.58. The molecular formula is C9H10FNOS. The highest BCUT2D eigenvalue weighted by molar-refractivity contribution is 7.93. The van der Waals surface area contributed by atoms with Crippen molar-refractivity contribution >= 4 is 9.73 Å². The first-order valence-electron chi connectivity index (χ1n) is 4.14. The number of halogens is 1. The number of rotatable bonds is 2. The van der Waals surface area contributed by atoms with Crippen LogP contribution in [0.25, 0.3) is 0 Å². The molecule has 2 rings (SSSR count). The van der Waals surface area contributed by atoms with Crippen LogP contribution in [-0.4, -0.2) is 9.46 Å². The van der Waals surface area contributed by atoms with E-state index in [9.17, 15) is 8.60 Å². The smallest absolute Gasteiger partial charge is 0.123 e. The molecule has 1 atom stereocenters. The second-order valence-electron chi connectivity index (χ2n) is 3.25. The van der Waals surface area contributed by atoms with Crippen molar-refractivity contribution in [3.05, 3.63) is 30.1 Å². The number of nitrogens with one attached hydrogen (secondary N) is 1. The first-order valence-corrected chi connectivity index (χ1v) is 5.76. The van der Waals surface area contributed by atoms with Gasteiger partial charge in [0.05, 0.1) is 9.73 Å². The van der Waals surface area contributed by atoms with Gasteiger partial charge in [-0.25, -0.2) is 13.4 Å². The molecule has 1 aliphatic rings. The monoisotopic (exact) mass is 199 g/mol. The molecule has 0 amide bonds. The van der Waals surface area contributed by atoms with Crippen LogP contribution in [0.3, 0.4) is 0 Å². The molecule has 70 valence electrons. The van der Waals surface area contributed by atoms with E-state index in [2.05, 4.69) is 0 Å². The molecule has 2 nitrogen and oxygen atoms in total. The third-order valence-corrected chi connectivity index (χ3v) is 4.54. The van der Waals surface area contributed by atoms with E-state index in [1.54, 1.807) is 0 Å². The van der Waals surface area contributed by atoms with Gasteiger partial charge in [-0.1, -0.05) is 0 Å². The van der Waals surface area contributed by atoms with Gasteiger partial charge in [0.15, 0.2) is 0 Å². The average Bonchev–Trinajstić information content (AvgIpc) is 2.87. The van der Waals surface area contributed by atoms with Crippen LogP contribution in [-0.2, 0) is 9.73 Å². The fourth-order valence-corrected chi connectivity index (χ4v) is 2.95. The Labute approximate surface area is 76.8 Å². The van der Waals surface area contributed by atoms with Crippen molar-refractivity contribution in [2.45, 2.75) is 23.0 Å². The summed E-state index contributed by atoms with van der Waals surface area (Å²) < 4.78 is 32.0. The molecule has 1 aromatic rings. The Morgan fingerprint density at radius 2 is 1.85 bits per heavy atom. The third-order valence-electron chi connectivity index (χ3n) is 2.16. The SMILES string of the molecule is N=S(=O)(c1ccc(F)cc1)C1CC1. The molecule has 1 aromatic carbocycles. The van der Waals surface area contributed by atoms with Crippen LogP contribution in [0.1, 0.15) is 12.8 Å². The minimum atomic E-state index is -2.65. The number of hydrogen-bond donors (Lipinski definition) is 1. The van der Waals surface area contributed by atoms with Gasteiger partial charge in [0.1, 0.15) is 5.82 Å². The summed E-state index contributed by atoms with van der Waals surface area (Å²) in [5.41, 5.74) is 0. The Hall–Kier alpha value is -0.900. The molecule has 0 bridgehead atoms. The van der Waals surface area contributed by atoms with Gasteiger partial charge in [0.2, 0.25) is 0 Å². The van der Waals surface area contributed by atoms with E-state index in [0.717, 1.165) is 12.8 Å². The van der Waals surface area contributed by atoms with Crippen LogP contribution < -0.4 is 0 Å². The summed E-state index contributed by atoms with van der Waals surface area (Å²) in [5, 5.41) is -0.00189. The summed E-state index contributed by atoms with van der Waals surface area (Å²) in [6.45, 7) is 0. The van der Waals surface area contributed by atoms with Crippen molar-refractivity contribution in [1.29, 1.82) is 4.78 Å². The molecule has 0 spiro atoms. The van der Waals surface area contributed by atoms with E-state index in [1.165, 1.54) is 24.3 Å². The molecule has 1 N–H and O–H groups in total. The Bertz CT molecular complexity index is 406. The van der Waals surface area contributed by atoms with E-state index in [1.807, 2.05) is 0 Å². The zero-order valence-electron chi connectivity index (χ0n) is 7.00. The van der Waals surface area contributed by atoms with E-state index in [4.69, 9.17) is 4.78 Å². The Morgan fingerprint density at radius 1 is 1.31 bits per heavy atom. The van der Waals surface area contributed by atoms with Gasteiger partial charge in [-0.3, -0.25) is 0 Å². The molecule has 0 heterocycles. The zero-order chi connectivity index (χ0) is 9.47. The van der Waals surface area contributed by atoms with Crippen LogP contribution >= 0.6 is 0 Å². The summed E-state index contributed by atoms with van der Waals surface area (Å²) in [4.78, 5) is 0.455. The summed E-state index contributed by atoms with van der Waals surface area (Å²) in [5.74, 6) is -0.352. The fraction of sp³-hybridized carbons (Fsp3) is 0.333. The minimum Gasteiger partial charge on any atom is -0.249 e. The van der Waals surface area contributed by atoms with Gasteiger partial charge in [0, 0.05) is 10.1 Å². The molecule has 0 radical (unpaired) electrons. The topological polar surface area (TPSA) is 40.9 Å². The first-order chi connectivity index (χ1) is 6.10. The van der Waals surface area contributed by atoms with E-state index in [0.29, 0.717) is 4.90 Å². The average molecular weight is 199 g/mol. The molecule has 13 heavy (non-hydrogen) atoms. The largest absolute Gasteiger partial charge is 0.249 e. The Kier molecular flexibility index (Phi) is 1.87. The lowest BCUT2D eigenvalue weighted by Crippen LogP contribution is -2.04. The molecule has 1 aliphatic carbocycles. The zero-order valence-corrected chi connectivity index (χ0v) is 7.81. The Morgan fingerprint density at radius 3 is 2.31 bits per heavy atom. The summed E-state index contributed by atoms with van der Waals surface area (Å²) in [6, 6.07) is 5.41. The van der Waals surface area contributed by atoms with E-state index >= 15 is 0 Å². The second-order valence-corrected chi connectivity index (χ2v) is 5.59. The second kappa shape index (κ2) is 2.80. The molecule has 1 saturated carbocycles. The lowest BCUT2D eigenvalue weighted by molar-refractivity contribution is 0.626. The first kappa shape index (κ1) is 8.69. The predicted molar refractivity (Wildman–Crippen MR) is 48.6 cm³/mol. The number of hydrogen-bond acceptors (Lipinski definition) is 2. The van der Waals surface area contributed by atoms with Crippen LogP contribution in [0.2, 0.25) is 0 Å². The fourth-order valence-electron chi connectivity index (χ4n) is 1.23. The number of benzene rings is 1. The van der Waals surface area contributed by atoms with E-state index in [-0.39, 0.29) is 11.1 Å². The lowest BCUT2D eigenvalue weighted by Gasteiger charge is -2.04. The van der Waals surface area contributed by atoms with Gasteiger partial charge in [0.25, 0.3) is 0 Å². The van der Waals surface area contributed by atoms with Gasteiger partial charge >= 0.3 is 0 Å². The Balaban J connectivity index is 2.40. The highest BCUT2D eigenvalue weighted by Crippen LogP contribution is 2.33. The molecule has 4 heteroatoms. The standard InChI is InChI=1S/C9H10FNOS/c10-7-1-3-8(4-2-7)13(11,12)9-5-6-9/h1-4,9,11H,5-6H2. The molecule has 0 aromatic heterocycles. The van der Waals surface area contributed by atoms with Crippen LogP contribution in [0.15, 0.2) is 29.2 Å². The van der Waals surface area contributed by atoms with Crippen molar-refractivity contribution in [1.82, 2.24) is 0 Å². The maximum Gasteiger partial charge on any atom is 0.123 e. The van der Waals surface area contributed by atoms with Crippen molar-refractivity contribution in [2.24, 2.45) is 0 Å². The quantitative estimate of drug-likeness (QED) is 0.780. The van der Waals surface area contributed by atoms with Crippen LogP contribution in [0.5, 0.6) is 0 Å². The van der Waals surface area contributed by atoms with Crippen molar-refractivity contribution in [2.75, 3.05) is 0 Å². The van der Waals surface area contributed by atoms with Gasteiger partial charge < -0.3 is 0 Å².